The zero-order valence-corrected chi connectivity index (χ0v) is 11.6. The number of hydrogen-bond acceptors (Lipinski definition) is 3. The fourth-order valence-corrected chi connectivity index (χ4v) is 2.20. The second-order valence-corrected chi connectivity index (χ2v) is 4.53. The fraction of sp³-hybridized carbons (Fsp3) is 0.692. The van der Waals surface area contributed by atoms with E-state index in [2.05, 4.69) is 18.9 Å². The van der Waals surface area contributed by atoms with Crippen LogP contribution in [0.4, 0.5) is 0 Å². The van der Waals surface area contributed by atoms with E-state index in [9.17, 15) is 4.79 Å². The van der Waals surface area contributed by atoms with Crippen molar-refractivity contribution in [3.05, 3.63) is 17.0 Å². The number of carbonyl (C=O) groups excluding carboxylic acids is 1. The maximum Gasteiger partial charge on any atom is 0.312 e. The molecule has 1 aromatic rings. The van der Waals surface area contributed by atoms with Gasteiger partial charge in [-0.05, 0) is 34.1 Å². The van der Waals surface area contributed by atoms with Crippen LogP contribution < -0.4 is 0 Å². The Labute approximate surface area is 103 Å². The van der Waals surface area contributed by atoms with E-state index in [4.69, 9.17) is 4.74 Å². The minimum atomic E-state index is -0.252. The summed E-state index contributed by atoms with van der Waals surface area (Å²) in [5.41, 5.74) is 2.98. The summed E-state index contributed by atoms with van der Waals surface area (Å²) in [5, 5.41) is 4.53. The molecule has 1 heterocycles. The van der Waals surface area contributed by atoms with Crippen LogP contribution in [0.3, 0.4) is 0 Å². The van der Waals surface area contributed by atoms with Crippen molar-refractivity contribution in [2.45, 2.75) is 53.0 Å². The first-order chi connectivity index (χ1) is 7.93. The van der Waals surface area contributed by atoms with Crippen molar-refractivity contribution in [2.24, 2.45) is 0 Å². The average molecular weight is 238 g/mol. The van der Waals surface area contributed by atoms with Gasteiger partial charge in [0.1, 0.15) is 0 Å². The Kier molecular flexibility index (Phi) is 4.32. The third-order valence-corrected chi connectivity index (χ3v) is 3.38. The summed E-state index contributed by atoms with van der Waals surface area (Å²) in [6.07, 6.45) is 1.02. The highest BCUT2D eigenvalue weighted by molar-refractivity contribution is 5.78. The van der Waals surface area contributed by atoms with E-state index in [-0.39, 0.29) is 11.9 Å². The Balaban J connectivity index is 3.17. The van der Waals surface area contributed by atoms with Crippen molar-refractivity contribution < 1.29 is 9.53 Å². The molecule has 0 radical (unpaired) electrons. The molecule has 0 bridgehead atoms. The first-order valence-electron chi connectivity index (χ1n) is 6.07. The molecule has 2 unspecified atom stereocenters. The largest absolute Gasteiger partial charge is 0.469 e. The molecular formula is C13H22N2O2. The van der Waals surface area contributed by atoms with Crippen LogP contribution in [0.5, 0.6) is 0 Å². The fourth-order valence-electron chi connectivity index (χ4n) is 2.20. The van der Waals surface area contributed by atoms with Crippen molar-refractivity contribution in [2.75, 3.05) is 7.11 Å². The maximum absolute atomic E-state index is 11.6. The van der Waals surface area contributed by atoms with E-state index in [0.29, 0.717) is 6.04 Å². The standard InChI is InChI=1S/C13H22N2O2/c1-7-8(2)15-11(5)12(10(4)14-15)9(3)13(16)17-6/h8-9H,7H2,1-6H3. The molecule has 4 nitrogen and oxygen atoms in total. The van der Waals surface area contributed by atoms with Gasteiger partial charge in [-0.25, -0.2) is 0 Å². The second-order valence-electron chi connectivity index (χ2n) is 4.53. The molecule has 0 aliphatic heterocycles. The van der Waals surface area contributed by atoms with Crippen LogP contribution in [0.15, 0.2) is 0 Å². The third-order valence-electron chi connectivity index (χ3n) is 3.38. The normalized spacial score (nSPS) is 14.5. The number of aromatic nitrogens is 2. The lowest BCUT2D eigenvalue weighted by Crippen LogP contribution is -2.13. The zero-order chi connectivity index (χ0) is 13.2. The van der Waals surface area contributed by atoms with Crippen LogP contribution in [0, 0.1) is 13.8 Å². The molecule has 96 valence electrons. The smallest absolute Gasteiger partial charge is 0.312 e. The number of esters is 1. The molecule has 0 N–H and O–H groups in total. The van der Waals surface area contributed by atoms with Gasteiger partial charge in [-0.1, -0.05) is 6.92 Å². The van der Waals surface area contributed by atoms with Gasteiger partial charge in [0.2, 0.25) is 0 Å². The molecule has 2 atom stereocenters. The van der Waals surface area contributed by atoms with Crippen LogP contribution in [-0.2, 0) is 9.53 Å². The Morgan fingerprint density at radius 2 is 2.00 bits per heavy atom. The topological polar surface area (TPSA) is 44.1 Å². The molecule has 0 aliphatic carbocycles. The summed E-state index contributed by atoms with van der Waals surface area (Å²) in [6, 6.07) is 0.354. The van der Waals surface area contributed by atoms with Crippen LogP contribution in [0.2, 0.25) is 0 Å². The van der Waals surface area contributed by atoms with Crippen LogP contribution in [-0.4, -0.2) is 22.9 Å². The van der Waals surface area contributed by atoms with Gasteiger partial charge >= 0.3 is 5.97 Å². The van der Waals surface area contributed by atoms with Gasteiger partial charge in [0.15, 0.2) is 0 Å². The highest BCUT2D eigenvalue weighted by atomic mass is 16.5. The predicted octanol–water partition coefficient (Wildman–Crippen LogP) is 2.75. The minimum Gasteiger partial charge on any atom is -0.469 e. The van der Waals surface area contributed by atoms with Crippen molar-refractivity contribution in [3.8, 4) is 0 Å². The third kappa shape index (κ3) is 2.51. The van der Waals surface area contributed by atoms with Gasteiger partial charge in [-0.2, -0.15) is 5.10 Å². The van der Waals surface area contributed by atoms with Crippen molar-refractivity contribution in [1.82, 2.24) is 9.78 Å². The molecule has 0 saturated carbocycles. The lowest BCUT2D eigenvalue weighted by atomic mass is 9.99. The summed E-state index contributed by atoms with van der Waals surface area (Å²) in [6.45, 7) is 10.1. The summed E-state index contributed by atoms with van der Waals surface area (Å²) in [7, 11) is 1.42. The number of aryl methyl sites for hydroxylation is 1. The van der Waals surface area contributed by atoms with E-state index in [1.165, 1.54) is 7.11 Å². The summed E-state index contributed by atoms with van der Waals surface area (Å²) in [5.74, 6) is -0.460. The van der Waals surface area contributed by atoms with Gasteiger partial charge < -0.3 is 4.74 Å². The predicted molar refractivity (Wildman–Crippen MR) is 67.1 cm³/mol. The van der Waals surface area contributed by atoms with Crippen LogP contribution in [0.25, 0.3) is 0 Å². The van der Waals surface area contributed by atoms with E-state index >= 15 is 0 Å². The Bertz CT molecular complexity index is 410. The average Bonchev–Trinajstić information content (AvgIpc) is 2.62. The first kappa shape index (κ1) is 13.7. The molecule has 1 rings (SSSR count). The van der Waals surface area contributed by atoms with E-state index in [0.717, 1.165) is 23.4 Å². The van der Waals surface area contributed by atoms with Gasteiger partial charge in [0.05, 0.1) is 18.7 Å². The molecular weight excluding hydrogens is 216 g/mol. The molecule has 0 fully saturated rings. The van der Waals surface area contributed by atoms with Crippen molar-refractivity contribution >= 4 is 5.97 Å². The number of ether oxygens (including phenoxy) is 1. The maximum atomic E-state index is 11.6. The molecule has 0 amide bonds. The lowest BCUT2D eigenvalue weighted by molar-refractivity contribution is -0.142. The van der Waals surface area contributed by atoms with Crippen LogP contribution in [0.1, 0.15) is 56.1 Å². The monoisotopic (exact) mass is 238 g/mol. The summed E-state index contributed by atoms with van der Waals surface area (Å²) in [4.78, 5) is 11.6. The summed E-state index contributed by atoms with van der Waals surface area (Å²) < 4.78 is 6.80. The zero-order valence-electron chi connectivity index (χ0n) is 11.6. The highest BCUT2D eigenvalue weighted by Crippen LogP contribution is 2.26. The van der Waals surface area contributed by atoms with Crippen LogP contribution >= 0.6 is 0 Å². The van der Waals surface area contributed by atoms with Gasteiger partial charge in [-0.15, -0.1) is 0 Å². The highest BCUT2D eigenvalue weighted by Gasteiger charge is 2.24. The Morgan fingerprint density at radius 1 is 1.41 bits per heavy atom. The SMILES string of the molecule is CCC(C)n1nc(C)c(C(C)C(=O)OC)c1C. The number of hydrogen-bond donors (Lipinski definition) is 0. The minimum absolute atomic E-state index is 0.208. The van der Waals surface area contributed by atoms with Crippen molar-refractivity contribution in [3.63, 3.8) is 0 Å². The van der Waals surface area contributed by atoms with E-state index in [1.54, 1.807) is 0 Å². The van der Waals surface area contributed by atoms with Crippen molar-refractivity contribution in [1.29, 1.82) is 0 Å². The van der Waals surface area contributed by atoms with Gasteiger partial charge in [-0.3, -0.25) is 9.48 Å². The molecule has 4 heteroatoms. The molecule has 17 heavy (non-hydrogen) atoms. The number of methoxy groups -OCH3 is 1. The number of nitrogens with zero attached hydrogens (tertiary/aromatic N) is 2. The number of rotatable bonds is 4. The first-order valence-corrected chi connectivity index (χ1v) is 6.07. The molecule has 0 aliphatic rings. The van der Waals surface area contributed by atoms with E-state index in [1.807, 2.05) is 25.5 Å². The number of carbonyl (C=O) groups is 1. The quantitative estimate of drug-likeness (QED) is 0.758. The molecule has 0 spiro atoms. The lowest BCUT2D eigenvalue weighted by Gasteiger charge is -2.13. The second kappa shape index (κ2) is 5.34. The molecule has 1 aromatic heterocycles. The Morgan fingerprint density at radius 3 is 2.47 bits per heavy atom. The molecule has 0 saturated heterocycles. The van der Waals surface area contributed by atoms with Gasteiger partial charge in [0.25, 0.3) is 0 Å². The molecule has 0 aromatic carbocycles. The Hall–Kier alpha value is -1.32. The van der Waals surface area contributed by atoms with E-state index < -0.39 is 0 Å². The summed E-state index contributed by atoms with van der Waals surface area (Å²) >= 11 is 0. The van der Waals surface area contributed by atoms with Gasteiger partial charge in [0, 0.05) is 17.3 Å².